The molecule has 0 aromatic heterocycles. The van der Waals surface area contributed by atoms with Gasteiger partial charge in [-0.25, -0.2) is 0 Å². The molecule has 3 rings (SSSR count). The van der Waals surface area contributed by atoms with Gasteiger partial charge in [-0.1, -0.05) is 53.5 Å². The van der Waals surface area contributed by atoms with Gasteiger partial charge in [0.05, 0.1) is 6.10 Å². The highest BCUT2D eigenvalue weighted by Gasteiger charge is 2.29. The lowest BCUT2D eigenvalue weighted by molar-refractivity contribution is -0.132. The number of nitrogens with one attached hydrogen (secondary N) is 1. The molecule has 1 heterocycles. The first kappa shape index (κ1) is 18.2. The Morgan fingerprint density at radius 3 is 2.68 bits per heavy atom. The van der Waals surface area contributed by atoms with E-state index in [-0.39, 0.29) is 12.0 Å². The second kappa shape index (κ2) is 8.19. The Balaban J connectivity index is 1.72. The van der Waals surface area contributed by atoms with Crippen molar-refractivity contribution < 1.29 is 9.53 Å². The van der Waals surface area contributed by atoms with Gasteiger partial charge in [-0.05, 0) is 36.1 Å². The van der Waals surface area contributed by atoms with Crippen molar-refractivity contribution in [3.8, 4) is 11.1 Å². The molecule has 1 fully saturated rings. The van der Waals surface area contributed by atoms with E-state index >= 15 is 0 Å². The van der Waals surface area contributed by atoms with Crippen molar-refractivity contribution in [1.82, 2.24) is 5.32 Å². The van der Waals surface area contributed by atoms with Gasteiger partial charge in [0.2, 0.25) is 5.91 Å². The summed E-state index contributed by atoms with van der Waals surface area (Å²) in [6.45, 7) is 0.850. The van der Waals surface area contributed by atoms with Crippen LogP contribution in [0.1, 0.15) is 18.4 Å². The van der Waals surface area contributed by atoms with Crippen molar-refractivity contribution in [3.05, 3.63) is 58.1 Å². The summed E-state index contributed by atoms with van der Waals surface area (Å²) in [7, 11) is 0. The van der Waals surface area contributed by atoms with Crippen LogP contribution in [0.2, 0.25) is 10.0 Å². The van der Waals surface area contributed by atoms with Crippen LogP contribution in [0.25, 0.3) is 11.1 Å². The van der Waals surface area contributed by atoms with Gasteiger partial charge in [-0.15, -0.1) is 0 Å². The van der Waals surface area contributed by atoms with Crippen LogP contribution in [-0.4, -0.2) is 24.7 Å². The zero-order valence-electron chi connectivity index (χ0n) is 13.7. The first-order chi connectivity index (χ1) is 12.1. The van der Waals surface area contributed by atoms with Crippen molar-refractivity contribution in [2.75, 3.05) is 6.54 Å². The molecule has 1 amide bonds. The lowest BCUT2D eigenvalue weighted by atomic mass is 9.99. The fourth-order valence-electron chi connectivity index (χ4n) is 3.01. The smallest absolute Gasteiger partial charge is 0.249 e. The van der Waals surface area contributed by atoms with E-state index in [2.05, 4.69) is 5.32 Å². The molecule has 2 atom stereocenters. The van der Waals surface area contributed by atoms with E-state index in [9.17, 15) is 4.79 Å². The summed E-state index contributed by atoms with van der Waals surface area (Å²) in [6, 6.07) is 13.2. The van der Waals surface area contributed by atoms with Gasteiger partial charge in [0.1, 0.15) is 6.10 Å². The molecule has 4 nitrogen and oxygen atoms in total. The van der Waals surface area contributed by atoms with Crippen molar-refractivity contribution in [2.45, 2.75) is 31.6 Å². The van der Waals surface area contributed by atoms with Crippen LogP contribution in [-0.2, 0) is 16.1 Å². The molecule has 0 radical (unpaired) electrons. The molecule has 2 aromatic rings. The number of amides is 1. The number of hydrogen-bond acceptors (Lipinski definition) is 3. The molecule has 132 valence electrons. The van der Waals surface area contributed by atoms with Gasteiger partial charge in [-0.3, -0.25) is 4.79 Å². The third-order valence-corrected chi connectivity index (χ3v) is 4.90. The molecule has 1 aliphatic heterocycles. The Hall–Kier alpha value is -1.59. The monoisotopic (exact) mass is 378 g/mol. The van der Waals surface area contributed by atoms with Gasteiger partial charge in [0, 0.05) is 28.7 Å². The second-order valence-corrected chi connectivity index (χ2v) is 6.90. The summed E-state index contributed by atoms with van der Waals surface area (Å²) in [4.78, 5) is 12.3. The van der Waals surface area contributed by atoms with E-state index in [0.29, 0.717) is 29.6 Å². The second-order valence-electron chi connectivity index (χ2n) is 6.06. The van der Waals surface area contributed by atoms with Gasteiger partial charge in [0.15, 0.2) is 0 Å². The molecule has 6 heteroatoms. The Labute approximate surface area is 157 Å². The largest absolute Gasteiger partial charge is 0.364 e. The van der Waals surface area contributed by atoms with Gasteiger partial charge >= 0.3 is 0 Å². The third-order valence-electron chi connectivity index (χ3n) is 4.35. The van der Waals surface area contributed by atoms with E-state index in [1.807, 2.05) is 30.3 Å². The Kier molecular flexibility index (Phi) is 5.97. The minimum absolute atomic E-state index is 0.0177. The topological polar surface area (TPSA) is 64.4 Å². The number of carbonyl (C=O) groups excluding carboxylic acids is 1. The predicted octanol–water partition coefficient (Wildman–Crippen LogP) is 3.78. The zero-order chi connectivity index (χ0) is 17.8. The minimum Gasteiger partial charge on any atom is -0.364 e. The summed E-state index contributed by atoms with van der Waals surface area (Å²) >= 11 is 12.3. The van der Waals surface area contributed by atoms with E-state index in [4.69, 9.17) is 33.7 Å². The number of rotatable bonds is 5. The van der Waals surface area contributed by atoms with Gasteiger partial charge in [0.25, 0.3) is 0 Å². The first-order valence-corrected chi connectivity index (χ1v) is 9.00. The number of ether oxygens (including phenoxy) is 1. The maximum atomic E-state index is 12.3. The molecule has 0 bridgehead atoms. The Morgan fingerprint density at radius 1 is 1.16 bits per heavy atom. The van der Waals surface area contributed by atoms with E-state index < -0.39 is 6.10 Å². The van der Waals surface area contributed by atoms with E-state index in [1.54, 1.807) is 12.1 Å². The van der Waals surface area contributed by atoms with Crippen LogP contribution in [0.3, 0.4) is 0 Å². The average molecular weight is 379 g/mol. The van der Waals surface area contributed by atoms with Gasteiger partial charge < -0.3 is 15.8 Å². The van der Waals surface area contributed by atoms with E-state index in [0.717, 1.165) is 23.1 Å². The van der Waals surface area contributed by atoms with Crippen LogP contribution in [0.15, 0.2) is 42.5 Å². The maximum absolute atomic E-state index is 12.3. The quantitative estimate of drug-likeness (QED) is 0.831. The summed E-state index contributed by atoms with van der Waals surface area (Å²) in [5, 5.41) is 4.12. The fraction of sp³-hybridized carbons (Fsp3) is 0.316. The molecular formula is C19H20Cl2N2O2. The first-order valence-electron chi connectivity index (χ1n) is 8.25. The molecule has 1 saturated heterocycles. The summed E-state index contributed by atoms with van der Waals surface area (Å²) in [6.07, 6.45) is 1.10. The number of benzene rings is 2. The lowest BCUT2D eigenvalue weighted by Crippen LogP contribution is -2.35. The summed E-state index contributed by atoms with van der Waals surface area (Å²) in [5.74, 6) is -0.104. The van der Waals surface area contributed by atoms with Crippen LogP contribution in [0, 0.1) is 0 Å². The van der Waals surface area contributed by atoms with Crippen molar-refractivity contribution in [1.29, 1.82) is 0 Å². The molecule has 2 aromatic carbocycles. The molecule has 1 aliphatic rings. The molecule has 0 saturated carbocycles. The molecule has 0 aliphatic carbocycles. The summed E-state index contributed by atoms with van der Waals surface area (Å²) in [5.41, 5.74) is 8.43. The Morgan fingerprint density at radius 2 is 1.96 bits per heavy atom. The standard InChI is InChI=1S/C19H20Cl2N2O2/c20-13-5-7-16(17(21)9-13)15-4-2-1-3-12(15)11-23-19(24)18-8-6-14(10-22)25-18/h1-5,7,9,14,18H,6,8,10-11,22H2,(H,23,24)/t14-,18+/m1/s1. The molecular weight excluding hydrogens is 359 g/mol. The lowest BCUT2D eigenvalue weighted by Gasteiger charge is -2.15. The van der Waals surface area contributed by atoms with E-state index in [1.165, 1.54) is 0 Å². The van der Waals surface area contributed by atoms with Crippen LogP contribution in [0.5, 0.6) is 0 Å². The molecule has 3 N–H and O–H groups in total. The number of halogens is 2. The number of hydrogen-bond donors (Lipinski definition) is 2. The highest BCUT2D eigenvalue weighted by atomic mass is 35.5. The highest BCUT2D eigenvalue weighted by Crippen LogP contribution is 2.32. The summed E-state index contributed by atoms with van der Waals surface area (Å²) < 4.78 is 5.64. The molecule has 0 unspecified atom stereocenters. The molecule has 25 heavy (non-hydrogen) atoms. The van der Waals surface area contributed by atoms with Crippen LogP contribution >= 0.6 is 23.2 Å². The average Bonchev–Trinajstić information content (AvgIpc) is 3.09. The predicted molar refractivity (Wildman–Crippen MR) is 101 cm³/mol. The van der Waals surface area contributed by atoms with Crippen LogP contribution < -0.4 is 11.1 Å². The minimum atomic E-state index is -0.417. The highest BCUT2D eigenvalue weighted by molar-refractivity contribution is 6.36. The van der Waals surface area contributed by atoms with Gasteiger partial charge in [-0.2, -0.15) is 0 Å². The Bertz CT molecular complexity index is 767. The van der Waals surface area contributed by atoms with Crippen molar-refractivity contribution >= 4 is 29.1 Å². The third kappa shape index (κ3) is 4.33. The van der Waals surface area contributed by atoms with Crippen molar-refractivity contribution in [3.63, 3.8) is 0 Å². The number of carbonyl (C=O) groups is 1. The normalized spacial score (nSPS) is 19.8. The van der Waals surface area contributed by atoms with Crippen LogP contribution in [0.4, 0.5) is 0 Å². The number of nitrogens with two attached hydrogens (primary N) is 1. The molecule has 0 spiro atoms. The van der Waals surface area contributed by atoms with Crippen molar-refractivity contribution in [2.24, 2.45) is 5.73 Å². The fourth-order valence-corrected chi connectivity index (χ4v) is 3.52. The maximum Gasteiger partial charge on any atom is 0.249 e. The SMILES string of the molecule is NC[C@H]1CC[C@@H](C(=O)NCc2ccccc2-c2ccc(Cl)cc2Cl)O1. The zero-order valence-corrected chi connectivity index (χ0v) is 15.2.